The van der Waals surface area contributed by atoms with E-state index in [1.165, 1.54) is 6.07 Å². The van der Waals surface area contributed by atoms with Gasteiger partial charge in [-0.1, -0.05) is 19.4 Å². The lowest BCUT2D eigenvalue weighted by Gasteiger charge is -2.40. The minimum absolute atomic E-state index is 0.492. The first kappa shape index (κ1) is 14.1. The van der Waals surface area contributed by atoms with Gasteiger partial charge >= 0.3 is 10.2 Å². The summed E-state index contributed by atoms with van der Waals surface area (Å²) in [5.41, 5.74) is -3.13. The molecule has 0 aliphatic rings. The van der Waals surface area contributed by atoms with Gasteiger partial charge in [-0.25, -0.2) is 0 Å². The first-order valence-electron chi connectivity index (χ1n) is 3.81. The maximum atomic E-state index is 12.4. The van der Waals surface area contributed by atoms with Gasteiger partial charge in [-0.15, -0.1) is 0 Å². The highest BCUT2D eigenvalue weighted by Crippen LogP contribution is 3.02. The molecule has 1 radical (unpaired) electrons. The van der Waals surface area contributed by atoms with Crippen LogP contribution in [-0.2, 0) is 0 Å². The van der Waals surface area contributed by atoms with Crippen molar-refractivity contribution in [3.63, 3.8) is 0 Å². The highest BCUT2D eigenvalue weighted by Gasteiger charge is 2.66. The Morgan fingerprint density at radius 3 is 1.50 bits per heavy atom. The van der Waals surface area contributed by atoms with Crippen LogP contribution in [0.3, 0.4) is 0 Å². The average molecular weight is 293 g/mol. The fraction of sp³-hybridized carbons (Fsp3) is 0. The van der Waals surface area contributed by atoms with Crippen molar-refractivity contribution in [2.75, 3.05) is 0 Å². The molecule has 1 rings (SSSR count). The van der Waals surface area contributed by atoms with Crippen LogP contribution in [0.1, 0.15) is 0 Å². The van der Waals surface area contributed by atoms with Crippen LogP contribution in [0.5, 0.6) is 0 Å². The molecule has 0 saturated carbocycles. The lowest BCUT2D eigenvalue weighted by Crippen LogP contribution is -2.07. The Balaban J connectivity index is 3.68. The van der Waals surface area contributed by atoms with Crippen molar-refractivity contribution in [3.8, 4) is 0 Å². The van der Waals surface area contributed by atoms with Gasteiger partial charge in [0, 0.05) is 12.1 Å². The molecule has 6 nitrogen and oxygen atoms in total. The maximum absolute atomic E-state index is 12.4. The standard InChI is InChI=1S/C6H2F5N2O4S/c7-18(8,9,10,11)6-2-4(12(14)15)1-5(3-6)13(16)17/h2-3H. The molecule has 101 valence electrons. The molecule has 0 unspecified atom stereocenters. The predicted octanol–water partition coefficient (Wildman–Crippen LogP) is 3.96. The fourth-order valence-corrected chi connectivity index (χ4v) is 1.60. The molecule has 12 heteroatoms. The Kier molecular flexibility index (Phi) is 2.40. The van der Waals surface area contributed by atoms with Gasteiger partial charge < -0.3 is 0 Å². The molecule has 1 aromatic carbocycles. The third kappa shape index (κ3) is 3.03. The summed E-state index contributed by atoms with van der Waals surface area (Å²) < 4.78 is 61.9. The highest BCUT2D eigenvalue weighted by atomic mass is 32.5. The van der Waals surface area contributed by atoms with E-state index in [1.807, 2.05) is 0 Å². The number of nitrogens with zero attached hydrogens (tertiary/aromatic N) is 2. The molecule has 0 fully saturated rings. The molecule has 0 amide bonds. The Hall–Kier alpha value is -1.98. The third-order valence-corrected chi connectivity index (χ3v) is 2.78. The molecule has 0 spiro atoms. The van der Waals surface area contributed by atoms with Crippen molar-refractivity contribution >= 4 is 21.6 Å². The van der Waals surface area contributed by atoms with Gasteiger partial charge in [0.2, 0.25) is 0 Å². The topological polar surface area (TPSA) is 86.3 Å². The molecule has 0 aromatic heterocycles. The maximum Gasteiger partial charge on any atom is 0.310 e. The van der Waals surface area contributed by atoms with Gasteiger partial charge in [-0.2, -0.15) is 0 Å². The third-order valence-electron chi connectivity index (χ3n) is 1.65. The van der Waals surface area contributed by atoms with Crippen LogP contribution in [0, 0.1) is 26.3 Å². The number of halogens is 5. The van der Waals surface area contributed by atoms with Crippen LogP contribution in [0.4, 0.5) is 30.8 Å². The molecule has 0 aliphatic heterocycles. The van der Waals surface area contributed by atoms with E-state index in [-0.39, 0.29) is 0 Å². The lowest BCUT2D eigenvalue weighted by molar-refractivity contribution is -0.395. The summed E-state index contributed by atoms with van der Waals surface area (Å²) in [6.45, 7) is 0. The van der Waals surface area contributed by atoms with E-state index < -0.39 is 48.5 Å². The number of benzene rings is 1. The first-order valence-corrected chi connectivity index (χ1v) is 5.76. The molecular weight excluding hydrogens is 291 g/mol. The number of hydrogen-bond acceptors (Lipinski definition) is 4. The second kappa shape index (κ2) is 3.07. The SMILES string of the molecule is O=[N+]([O-])c1[c]c([N+](=O)[O-])cc(S(F)(F)(F)(F)F)c1. The van der Waals surface area contributed by atoms with Crippen LogP contribution in [0.15, 0.2) is 17.0 Å². The Morgan fingerprint density at radius 1 is 0.944 bits per heavy atom. The van der Waals surface area contributed by atoms with Crippen molar-refractivity contribution in [2.45, 2.75) is 4.90 Å². The summed E-state index contributed by atoms with van der Waals surface area (Å²) in [6.07, 6.45) is 0. The second-order valence-electron chi connectivity index (χ2n) is 3.07. The zero-order chi connectivity index (χ0) is 14.4. The molecule has 0 heterocycles. The van der Waals surface area contributed by atoms with E-state index in [4.69, 9.17) is 0 Å². The Labute approximate surface area is 95.0 Å². The van der Waals surface area contributed by atoms with Gasteiger partial charge in [0.25, 0.3) is 11.4 Å². The molecule has 1 aromatic rings. The smallest absolute Gasteiger partial charge is 0.258 e. The van der Waals surface area contributed by atoms with Gasteiger partial charge in [0.15, 0.2) is 6.07 Å². The molecular formula is C6H2F5N2O4S. The highest BCUT2D eigenvalue weighted by molar-refractivity contribution is 8.45. The summed E-state index contributed by atoms with van der Waals surface area (Å²) in [5.74, 6) is 0. The number of non-ortho nitro benzene ring substituents is 2. The Morgan fingerprint density at radius 2 is 1.28 bits per heavy atom. The van der Waals surface area contributed by atoms with Crippen molar-refractivity contribution in [3.05, 3.63) is 38.4 Å². The minimum atomic E-state index is -10.2. The quantitative estimate of drug-likeness (QED) is 0.479. The summed E-state index contributed by atoms with van der Waals surface area (Å²) in [7, 11) is -10.2. The number of nitro groups is 2. The van der Waals surface area contributed by atoms with Gasteiger partial charge in [0.05, 0.1) is 9.85 Å². The van der Waals surface area contributed by atoms with Crippen LogP contribution in [0.25, 0.3) is 0 Å². The average Bonchev–Trinajstić information content (AvgIpc) is 2.13. The molecule has 0 N–H and O–H groups in total. The van der Waals surface area contributed by atoms with Gasteiger partial charge in [-0.05, 0) is 0 Å². The second-order valence-corrected chi connectivity index (χ2v) is 5.48. The van der Waals surface area contributed by atoms with Crippen molar-refractivity contribution in [1.29, 1.82) is 0 Å². The first-order chi connectivity index (χ1) is 7.70. The number of rotatable bonds is 3. The van der Waals surface area contributed by atoms with Crippen LogP contribution >= 0.6 is 10.2 Å². The van der Waals surface area contributed by atoms with Crippen LogP contribution in [-0.4, -0.2) is 9.85 Å². The van der Waals surface area contributed by atoms with Crippen LogP contribution in [0.2, 0.25) is 0 Å². The number of hydrogen-bond donors (Lipinski definition) is 0. The monoisotopic (exact) mass is 293 g/mol. The summed E-state index contributed by atoms with van der Waals surface area (Å²) in [5, 5.41) is 20.4. The van der Waals surface area contributed by atoms with Crippen molar-refractivity contribution < 1.29 is 29.3 Å². The largest absolute Gasteiger partial charge is 0.310 e. The summed E-state index contributed by atoms with van der Waals surface area (Å²) >= 11 is 0. The summed E-state index contributed by atoms with van der Waals surface area (Å²) in [6, 6.07) is 0.395. The van der Waals surface area contributed by atoms with E-state index in [1.54, 1.807) is 0 Å². The summed E-state index contributed by atoms with van der Waals surface area (Å²) in [4.78, 5) is 14.8. The zero-order valence-electron chi connectivity index (χ0n) is 7.98. The molecule has 0 bridgehead atoms. The van der Waals surface area contributed by atoms with Gasteiger partial charge in [-0.3, -0.25) is 20.2 Å². The van der Waals surface area contributed by atoms with Crippen molar-refractivity contribution in [2.24, 2.45) is 0 Å². The normalized spacial score (nSPS) is 15.6. The van der Waals surface area contributed by atoms with E-state index >= 15 is 0 Å². The van der Waals surface area contributed by atoms with Crippen LogP contribution < -0.4 is 0 Å². The van der Waals surface area contributed by atoms with E-state index in [2.05, 4.69) is 0 Å². The fourth-order valence-electron chi connectivity index (χ4n) is 0.934. The molecule has 0 atom stereocenters. The minimum Gasteiger partial charge on any atom is -0.258 e. The van der Waals surface area contributed by atoms with E-state index in [0.717, 1.165) is 0 Å². The molecule has 0 aliphatic carbocycles. The van der Waals surface area contributed by atoms with E-state index in [9.17, 15) is 39.7 Å². The van der Waals surface area contributed by atoms with Gasteiger partial charge in [0.1, 0.15) is 4.90 Å². The zero-order valence-corrected chi connectivity index (χ0v) is 8.80. The predicted molar refractivity (Wildman–Crippen MR) is 50.0 cm³/mol. The molecule has 0 saturated heterocycles. The van der Waals surface area contributed by atoms with E-state index in [0.29, 0.717) is 0 Å². The lowest BCUT2D eigenvalue weighted by atomic mass is 10.3. The Bertz CT molecular complexity index is 524. The number of nitro benzene ring substituents is 2. The molecule has 18 heavy (non-hydrogen) atoms. The van der Waals surface area contributed by atoms with Crippen molar-refractivity contribution in [1.82, 2.24) is 0 Å².